The Morgan fingerprint density at radius 3 is 2.69 bits per heavy atom. The van der Waals surface area contributed by atoms with E-state index in [-0.39, 0.29) is 30.2 Å². The molecule has 1 atom stereocenters. The summed E-state index contributed by atoms with van der Waals surface area (Å²) in [6, 6.07) is 0. The zero-order valence-electron chi connectivity index (χ0n) is 15.2. The van der Waals surface area contributed by atoms with Crippen molar-refractivity contribution in [3.8, 4) is 0 Å². The summed E-state index contributed by atoms with van der Waals surface area (Å²) in [5.74, 6) is 1.27. The first-order valence-corrected chi connectivity index (χ1v) is 9.24. The molecule has 2 N–H and O–H groups in total. The summed E-state index contributed by atoms with van der Waals surface area (Å²) in [6.07, 6.45) is 3.27. The van der Waals surface area contributed by atoms with Crippen molar-refractivity contribution >= 4 is 17.7 Å². The predicted octanol–water partition coefficient (Wildman–Crippen LogP) is -0.0196. The molecule has 2 saturated heterocycles. The number of aromatic amines is 1. The Kier molecular flexibility index (Phi) is 5.85. The van der Waals surface area contributed by atoms with Gasteiger partial charge in [0, 0.05) is 39.0 Å². The van der Waals surface area contributed by atoms with Crippen molar-refractivity contribution in [1.29, 1.82) is 0 Å². The Bertz CT molecular complexity index is 673. The number of rotatable bonds is 7. The SMILES string of the molecule is Cc1nc(CNC(=O)[C@@H]2CCC(=O)N(CCCN3CCCC3=O)C2)n[nH]1. The highest BCUT2D eigenvalue weighted by Gasteiger charge is 2.30. The highest BCUT2D eigenvalue weighted by atomic mass is 16.2. The van der Waals surface area contributed by atoms with Crippen LogP contribution in [-0.4, -0.2) is 68.9 Å². The van der Waals surface area contributed by atoms with Crippen LogP contribution in [0.4, 0.5) is 0 Å². The van der Waals surface area contributed by atoms with Crippen molar-refractivity contribution in [2.75, 3.05) is 26.2 Å². The Balaban J connectivity index is 1.43. The van der Waals surface area contributed by atoms with Crippen LogP contribution in [0.3, 0.4) is 0 Å². The number of aromatic nitrogens is 3. The highest BCUT2D eigenvalue weighted by Crippen LogP contribution is 2.19. The molecule has 142 valence electrons. The molecular formula is C17H26N6O3. The predicted molar refractivity (Wildman–Crippen MR) is 92.7 cm³/mol. The van der Waals surface area contributed by atoms with Crippen LogP contribution in [-0.2, 0) is 20.9 Å². The largest absolute Gasteiger partial charge is 0.348 e. The maximum Gasteiger partial charge on any atom is 0.225 e. The Morgan fingerprint density at radius 1 is 1.23 bits per heavy atom. The van der Waals surface area contributed by atoms with Crippen molar-refractivity contribution < 1.29 is 14.4 Å². The summed E-state index contributed by atoms with van der Waals surface area (Å²) in [5, 5.41) is 9.59. The van der Waals surface area contributed by atoms with Gasteiger partial charge >= 0.3 is 0 Å². The zero-order valence-corrected chi connectivity index (χ0v) is 15.2. The summed E-state index contributed by atoms with van der Waals surface area (Å²) in [4.78, 5) is 43.9. The van der Waals surface area contributed by atoms with Crippen molar-refractivity contribution in [1.82, 2.24) is 30.3 Å². The molecule has 2 fully saturated rings. The second-order valence-corrected chi connectivity index (χ2v) is 6.97. The first-order valence-electron chi connectivity index (χ1n) is 9.24. The van der Waals surface area contributed by atoms with E-state index in [1.165, 1.54) is 0 Å². The molecule has 9 nitrogen and oxygen atoms in total. The normalized spacial score (nSPS) is 20.7. The number of amides is 3. The summed E-state index contributed by atoms with van der Waals surface area (Å²) < 4.78 is 0. The van der Waals surface area contributed by atoms with Crippen LogP contribution < -0.4 is 5.32 Å². The lowest BCUT2D eigenvalue weighted by Crippen LogP contribution is -2.46. The monoisotopic (exact) mass is 362 g/mol. The van der Waals surface area contributed by atoms with E-state index in [1.54, 1.807) is 11.8 Å². The smallest absolute Gasteiger partial charge is 0.225 e. The van der Waals surface area contributed by atoms with Gasteiger partial charge in [0.1, 0.15) is 5.82 Å². The molecule has 0 bridgehead atoms. The number of aryl methyl sites for hydroxylation is 1. The Labute approximate surface area is 152 Å². The number of hydrogen-bond acceptors (Lipinski definition) is 5. The number of H-pyrrole nitrogens is 1. The van der Waals surface area contributed by atoms with Gasteiger partial charge in [-0.1, -0.05) is 0 Å². The quantitative estimate of drug-likeness (QED) is 0.708. The van der Waals surface area contributed by atoms with E-state index in [2.05, 4.69) is 20.5 Å². The van der Waals surface area contributed by atoms with E-state index in [0.29, 0.717) is 50.5 Å². The fourth-order valence-corrected chi connectivity index (χ4v) is 3.52. The van der Waals surface area contributed by atoms with Gasteiger partial charge in [0.15, 0.2) is 5.82 Å². The number of hydrogen-bond donors (Lipinski definition) is 2. The summed E-state index contributed by atoms with van der Waals surface area (Å²) >= 11 is 0. The first-order chi connectivity index (χ1) is 12.5. The lowest BCUT2D eigenvalue weighted by atomic mass is 9.96. The van der Waals surface area contributed by atoms with Gasteiger partial charge in [0.05, 0.1) is 12.5 Å². The molecule has 0 radical (unpaired) electrons. The number of likely N-dealkylation sites (tertiary alicyclic amines) is 2. The minimum absolute atomic E-state index is 0.0697. The number of carbonyl (C=O) groups is 3. The maximum absolute atomic E-state index is 12.4. The third kappa shape index (κ3) is 4.59. The van der Waals surface area contributed by atoms with Crippen molar-refractivity contribution in [3.63, 3.8) is 0 Å². The van der Waals surface area contributed by atoms with Crippen molar-refractivity contribution in [2.45, 2.75) is 45.6 Å². The standard InChI is InChI=1S/C17H26N6O3/c1-12-19-14(21-20-12)10-18-17(26)13-5-6-16(25)23(11-13)9-3-8-22-7-2-4-15(22)24/h13H,2-11H2,1H3,(H,18,26)(H,19,20,21)/t13-/m1/s1. The minimum Gasteiger partial charge on any atom is -0.348 e. The average Bonchev–Trinajstić information content (AvgIpc) is 3.22. The Morgan fingerprint density at radius 2 is 2.00 bits per heavy atom. The van der Waals surface area contributed by atoms with Crippen LogP contribution in [0.15, 0.2) is 0 Å². The van der Waals surface area contributed by atoms with Gasteiger partial charge in [0.2, 0.25) is 17.7 Å². The van der Waals surface area contributed by atoms with Gasteiger partial charge in [-0.05, 0) is 26.2 Å². The van der Waals surface area contributed by atoms with Gasteiger partial charge in [-0.25, -0.2) is 4.98 Å². The molecule has 3 rings (SSSR count). The summed E-state index contributed by atoms with van der Waals surface area (Å²) in [6.45, 7) is 4.61. The highest BCUT2D eigenvalue weighted by molar-refractivity contribution is 5.83. The van der Waals surface area contributed by atoms with E-state index in [1.807, 2.05) is 4.90 Å². The minimum atomic E-state index is -0.207. The zero-order chi connectivity index (χ0) is 18.5. The molecule has 0 unspecified atom stereocenters. The second kappa shape index (κ2) is 8.29. The van der Waals surface area contributed by atoms with Gasteiger partial charge in [-0.3, -0.25) is 19.5 Å². The van der Waals surface area contributed by atoms with E-state index >= 15 is 0 Å². The maximum atomic E-state index is 12.4. The third-order valence-electron chi connectivity index (χ3n) is 4.96. The Hall–Kier alpha value is -2.45. The molecule has 0 saturated carbocycles. The van der Waals surface area contributed by atoms with E-state index < -0.39 is 0 Å². The molecule has 9 heteroatoms. The number of nitrogens with one attached hydrogen (secondary N) is 2. The first kappa shape index (κ1) is 18.3. The van der Waals surface area contributed by atoms with Crippen LogP contribution in [0.5, 0.6) is 0 Å². The molecule has 0 aromatic carbocycles. The van der Waals surface area contributed by atoms with Gasteiger partial charge in [-0.2, -0.15) is 5.10 Å². The summed E-state index contributed by atoms with van der Waals surface area (Å²) in [7, 11) is 0. The van der Waals surface area contributed by atoms with Crippen LogP contribution in [0.1, 0.15) is 43.8 Å². The molecule has 3 amide bonds. The number of piperidine rings is 1. The van der Waals surface area contributed by atoms with Crippen LogP contribution in [0.2, 0.25) is 0 Å². The van der Waals surface area contributed by atoms with Gasteiger partial charge in [-0.15, -0.1) is 0 Å². The van der Waals surface area contributed by atoms with E-state index in [4.69, 9.17) is 0 Å². The molecule has 0 aliphatic carbocycles. The average molecular weight is 362 g/mol. The molecular weight excluding hydrogens is 336 g/mol. The molecule has 3 heterocycles. The second-order valence-electron chi connectivity index (χ2n) is 6.97. The molecule has 1 aromatic rings. The van der Waals surface area contributed by atoms with Crippen LogP contribution >= 0.6 is 0 Å². The lowest BCUT2D eigenvalue weighted by Gasteiger charge is -2.32. The third-order valence-corrected chi connectivity index (χ3v) is 4.96. The molecule has 2 aliphatic rings. The fourth-order valence-electron chi connectivity index (χ4n) is 3.52. The van der Waals surface area contributed by atoms with Gasteiger partial charge < -0.3 is 15.1 Å². The molecule has 26 heavy (non-hydrogen) atoms. The number of carbonyl (C=O) groups excluding carboxylic acids is 3. The van der Waals surface area contributed by atoms with Crippen LogP contribution in [0.25, 0.3) is 0 Å². The summed E-state index contributed by atoms with van der Waals surface area (Å²) in [5.41, 5.74) is 0. The van der Waals surface area contributed by atoms with Crippen molar-refractivity contribution in [3.05, 3.63) is 11.6 Å². The molecule has 1 aromatic heterocycles. The van der Waals surface area contributed by atoms with Gasteiger partial charge in [0.25, 0.3) is 0 Å². The lowest BCUT2D eigenvalue weighted by molar-refractivity contribution is -0.138. The molecule has 0 spiro atoms. The van der Waals surface area contributed by atoms with E-state index in [9.17, 15) is 14.4 Å². The molecule has 2 aliphatic heterocycles. The topological polar surface area (TPSA) is 111 Å². The van der Waals surface area contributed by atoms with Crippen molar-refractivity contribution in [2.24, 2.45) is 5.92 Å². The number of nitrogens with zero attached hydrogens (tertiary/aromatic N) is 4. The van der Waals surface area contributed by atoms with E-state index in [0.717, 1.165) is 19.4 Å². The van der Waals surface area contributed by atoms with Crippen LogP contribution in [0, 0.1) is 12.8 Å². The fraction of sp³-hybridized carbons (Fsp3) is 0.706.